The Morgan fingerprint density at radius 3 is 1.93 bits per heavy atom. The predicted molar refractivity (Wildman–Crippen MR) is 49.5 cm³/mol. The zero-order valence-corrected chi connectivity index (χ0v) is 8.47. The van der Waals surface area contributed by atoms with Gasteiger partial charge in [-0.15, -0.1) is 0 Å². The van der Waals surface area contributed by atoms with E-state index in [2.05, 4.69) is 0 Å². The number of aliphatic hydroxyl groups excluding tert-OH is 4. The molecule has 0 saturated heterocycles. The first-order chi connectivity index (χ1) is 6.40. The van der Waals surface area contributed by atoms with Crippen molar-refractivity contribution >= 4 is 0 Å². The summed E-state index contributed by atoms with van der Waals surface area (Å²) >= 11 is 0. The van der Waals surface area contributed by atoms with Crippen molar-refractivity contribution in [1.82, 2.24) is 0 Å². The Bertz CT molecular complexity index is 154. The maximum Gasteiger partial charge on any atom is 0.151 e. The van der Waals surface area contributed by atoms with Crippen molar-refractivity contribution in [1.29, 1.82) is 0 Å². The Kier molecular flexibility index (Phi) is 6.19. The van der Waals surface area contributed by atoms with E-state index >= 15 is 0 Å². The van der Waals surface area contributed by atoms with Crippen molar-refractivity contribution in [2.24, 2.45) is 5.92 Å². The number of aliphatic hydroxyl groups is 4. The second-order valence-electron chi connectivity index (χ2n) is 3.88. The molecule has 0 aliphatic rings. The van der Waals surface area contributed by atoms with Crippen molar-refractivity contribution < 1.29 is 24.8 Å². The summed E-state index contributed by atoms with van der Waals surface area (Å²) in [5, 5.41) is 36.1. The third-order valence-corrected chi connectivity index (χ3v) is 2.00. The van der Waals surface area contributed by atoms with Gasteiger partial charge in [-0.3, -0.25) is 0 Å². The summed E-state index contributed by atoms with van der Waals surface area (Å²) in [6.07, 6.45) is -6.12. The number of hydrogen-bond donors (Lipinski definition) is 4. The molecule has 0 aromatic rings. The minimum absolute atomic E-state index is 0.138. The van der Waals surface area contributed by atoms with Crippen LogP contribution in [0.5, 0.6) is 0 Å². The lowest BCUT2D eigenvalue weighted by Gasteiger charge is -2.25. The lowest BCUT2D eigenvalue weighted by molar-refractivity contribution is -0.0985. The number of halogens is 1. The molecule has 0 aliphatic heterocycles. The maximum absolute atomic E-state index is 12.7. The van der Waals surface area contributed by atoms with Crippen molar-refractivity contribution in [3.8, 4) is 0 Å². The summed E-state index contributed by atoms with van der Waals surface area (Å²) in [7, 11) is 0. The fourth-order valence-corrected chi connectivity index (χ4v) is 1.17. The fraction of sp³-hybridized carbons (Fsp3) is 1.00. The van der Waals surface area contributed by atoms with Crippen LogP contribution in [0, 0.1) is 5.92 Å². The number of rotatable bonds is 6. The zero-order valence-electron chi connectivity index (χ0n) is 8.47. The molecule has 4 atom stereocenters. The van der Waals surface area contributed by atoms with E-state index in [0.717, 1.165) is 0 Å². The highest BCUT2D eigenvalue weighted by Gasteiger charge is 2.31. The predicted octanol–water partition coefficient (Wildman–Crippen LogP) is -0.554. The Balaban J connectivity index is 4.09. The first-order valence-corrected chi connectivity index (χ1v) is 4.69. The summed E-state index contributed by atoms with van der Waals surface area (Å²) in [5.41, 5.74) is 0. The maximum atomic E-state index is 12.7. The van der Waals surface area contributed by atoms with E-state index in [1.165, 1.54) is 0 Å². The van der Waals surface area contributed by atoms with Crippen molar-refractivity contribution in [2.45, 2.75) is 44.8 Å². The van der Waals surface area contributed by atoms with Crippen LogP contribution in [0.1, 0.15) is 20.3 Å². The standard InChI is InChI=1S/C9H19FO4/c1-5(2)3-7(12)9(14)8(13)6(10)4-11/h5-9,11-14H,3-4H2,1-2H3. The van der Waals surface area contributed by atoms with Crippen LogP contribution in [-0.4, -0.2) is 51.5 Å². The van der Waals surface area contributed by atoms with Crippen LogP contribution in [0.4, 0.5) is 4.39 Å². The SMILES string of the molecule is CC(C)CC(O)C(O)C(O)C(F)CO. The van der Waals surface area contributed by atoms with Gasteiger partial charge in [-0.2, -0.15) is 0 Å². The Hall–Kier alpha value is -0.230. The van der Waals surface area contributed by atoms with E-state index in [9.17, 15) is 14.6 Å². The smallest absolute Gasteiger partial charge is 0.151 e. The van der Waals surface area contributed by atoms with Crippen LogP contribution in [-0.2, 0) is 0 Å². The van der Waals surface area contributed by atoms with Gasteiger partial charge in [0.15, 0.2) is 6.17 Å². The van der Waals surface area contributed by atoms with Crippen LogP contribution in [0.15, 0.2) is 0 Å². The summed E-state index contributed by atoms with van der Waals surface area (Å²) in [5.74, 6) is 0.138. The highest BCUT2D eigenvalue weighted by atomic mass is 19.1. The Morgan fingerprint density at radius 2 is 1.57 bits per heavy atom. The lowest BCUT2D eigenvalue weighted by Crippen LogP contribution is -2.44. The second-order valence-corrected chi connectivity index (χ2v) is 3.88. The molecule has 5 heteroatoms. The molecule has 14 heavy (non-hydrogen) atoms. The van der Waals surface area contributed by atoms with E-state index in [0.29, 0.717) is 0 Å². The van der Waals surface area contributed by atoms with E-state index < -0.39 is 31.1 Å². The molecule has 0 radical (unpaired) electrons. The fourth-order valence-electron chi connectivity index (χ4n) is 1.17. The van der Waals surface area contributed by atoms with Crippen molar-refractivity contribution in [3.63, 3.8) is 0 Å². The molecular formula is C9H19FO4. The minimum Gasteiger partial charge on any atom is -0.393 e. The molecule has 4 nitrogen and oxygen atoms in total. The molecule has 0 heterocycles. The van der Waals surface area contributed by atoms with Gasteiger partial charge in [0, 0.05) is 0 Å². The number of hydrogen-bond acceptors (Lipinski definition) is 4. The Morgan fingerprint density at radius 1 is 1.07 bits per heavy atom. The van der Waals surface area contributed by atoms with Crippen LogP contribution >= 0.6 is 0 Å². The molecular weight excluding hydrogens is 191 g/mol. The van der Waals surface area contributed by atoms with E-state index in [-0.39, 0.29) is 12.3 Å². The highest BCUT2D eigenvalue weighted by molar-refractivity contribution is 4.81. The molecule has 0 aromatic heterocycles. The summed E-state index contributed by atoms with van der Waals surface area (Å²) in [4.78, 5) is 0. The second kappa shape index (κ2) is 6.29. The first-order valence-electron chi connectivity index (χ1n) is 4.69. The van der Waals surface area contributed by atoms with Crippen LogP contribution in [0.2, 0.25) is 0 Å². The molecule has 0 rings (SSSR count). The molecule has 0 aliphatic carbocycles. The minimum atomic E-state index is -1.92. The molecule has 0 amide bonds. The van der Waals surface area contributed by atoms with Crippen molar-refractivity contribution in [2.75, 3.05) is 6.61 Å². The van der Waals surface area contributed by atoms with Crippen LogP contribution in [0.3, 0.4) is 0 Å². The van der Waals surface area contributed by atoms with Gasteiger partial charge < -0.3 is 20.4 Å². The van der Waals surface area contributed by atoms with E-state index in [1.807, 2.05) is 13.8 Å². The van der Waals surface area contributed by atoms with Gasteiger partial charge in [-0.25, -0.2) is 4.39 Å². The van der Waals surface area contributed by atoms with E-state index in [1.54, 1.807) is 0 Å². The summed E-state index contributed by atoms with van der Waals surface area (Å²) in [6, 6.07) is 0. The van der Waals surface area contributed by atoms with Gasteiger partial charge in [0.2, 0.25) is 0 Å². The molecule has 4 N–H and O–H groups in total. The third kappa shape index (κ3) is 4.32. The van der Waals surface area contributed by atoms with Gasteiger partial charge >= 0.3 is 0 Å². The van der Waals surface area contributed by atoms with Gasteiger partial charge in [-0.05, 0) is 12.3 Å². The molecule has 86 valence electrons. The zero-order chi connectivity index (χ0) is 11.3. The average Bonchev–Trinajstić information content (AvgIpc) is 2.13. The molecule has 0 spiro atoms. The van der Waals surface area contributed by atoms with Crippen LogP contribution in [0.25, 0.3) is 0 Å². The molecule has 0 fully saturated rings. The molecule has 4 unspecified atom stereocenters. The van der Waals surface area contributed by atoms with Gasteiger partial charge in [0.1, 0.15) is 12.2 Å². The normalized spacial score (nSPS) is 20.6. The molecule has 0 saturated carbocycles. The summed E-state index contributed by atoms with van der Waals surface area (Å²) in [6.45, 7) is 2.80. The molecule has 0 aromatic carbocycles. The number of alkyl halides is 1. The van der Waals surface area contributed by atoms with E-state index in [4.69, 9.17) is 10.2 Å². The van der Waals surface area contributed by atoms with Crippen molar-refractivity contribution in [3.05, 3.63) is 0 Å². The monoisotopic (exact) mass is 210 g/mol. The highest BCUT2D eigenvalue weighted by Crippen LogP contribution is 2.13. The lowest BCUT2D eigenvalue weighted by atomic mass is 9.97. The Labute approximate surface area is 83.0 Å². The third-order valence-electron chi connectivity index (χ3n) is 2.00. The van der Waals surface area contributed by atoms with Gasteiger partial charge in [0.05, 0.1) is 12.7 Å². The largest absolute Gasteiger partial charge is 0.393 e. The molecule has 0 bridgehead atoms. The summed E-state index contributed by atoms with van der Waals surface area (Å²) < 4.78 is 12.7. The van der Waals surface area contributed by atoms with Gasteiger partial charge in [-0.1, -0.05) is 13.8 Å². The topological polar surface area (TPSA) is 80.9 Å². The van der Waals surface area contributed by atoms with Crippen LogP contribution < -0.4 is 0 Å². The van der Waals surface area contributed by atoms with Gasteiger partial charge in [0.25, 0.3) is 0 Å². The quantitative estimate of drug-likeness (QED) is 0.474. The first kappa shape index (κ1) is 13.8. The average molecular weight is 210 g/mol.